The van der Waals surface area contributed by atoms with Crippen molar-refractivity contribution in [2.75, 3.05) is 5.32 Å². The lowest BCUT2D eigenvalue weighted by atomic mass is 9.98. The minimum absolute atomic E-state index is 0.0976. The Bertz CT molecular complexity index is 736. The fraction of sp³-hybridized carbons (Fsp3) is 0.300. The zero-order valence-electron chi connectivity index (χ0n) is 14.2. The van der Waals surface area contributed by atoms with E-state index in [1.165, 1.54) is 24.3 Å². The van der Waals surface area contributed by atoms with Crippen LogP contribution in [0, 0.1) is 12.7 Å². The lowest BCUT2D eigenvalue weighted by Crippen LogP contribution is -2.16. The van der Waals surface area contributed by atoms with Crippen molar-refractivity contribution in [1.29, 1.82) is 0 Å². The van der Waals surface area contributed by atoms with Gasteiger partial charge in [-0.05, 0) is 48.2 Å². The van der Waals surface area contributed by atoms with Gasteiger partial charge in [0.1, 0.15) is 5.82 Å². The van der Waals surface area contributed by atoms with Gasteiger partial charge in [-0.15, -0.1) is 0 Å². The van der Waals surface area contributed by atoms with Gasteiger partial charge in [-0.2, -0.15) is 0 Å². The van der Waals surface area contributed by atoms with Crippen molar-refractivity contribution in [3.63, 3.8) is 0 Å². The summed E-state index contributed by atoms with van der Waals surface area (Å²) in [6.07, 6.45) is 0.197. The van der Waals surface area contributed by atoms with E-state index in [0.717, 1.165) is 16.8 Å². The largest absolute Gasteiger partial charge is 0.326 e. The van der Waals surface area contributed by atoms with Crippen molar-refractivity contribution in [2.24, 2.45) is 0 Å². The third-order valence-corrected chi connectivity index (χ3v) is 3.94. The van der Waals surface area contributed by atoms with E-state index in [1.54, 1.807) is 0 Å². The summed E-state index contributed by atoms with van der Waals surface area (Å²) in [4.78, 5) is 24.3. The van der Waals surface area contributed by atoms with Gasteiger partial charge in [-0.3, -0.25) is 9.59 Å². The van der Waals surface area contributed by atoms with Gasteiger partial charge in [-0.1, -0.05) is 32.0 Å². The van der Waals surface area contributed by atoms with Crippen molar-refractivity contribution >= 4 is 17.4 Å². The zero-order valence-corrected chi connectivity index (χ0v) is 14.2. The van der Waals surface area contributed by atoms with Crippen molar-refractivity contribution in [3.05, 3.63) is 65.0 Å². The molecule has 0 saturated carbocycles. The van der Waals surface area contributed by atoms with Crippen LogP contribution < -0.4 is 5.32 Å². The molecule has 0 unspecified atom stereocenters. The number of Topliss-reactive ketones (excluding diaryl/α,β-unsaturated/α-hetero) is 1. The van der Waals surface area contributed by atoms with Crippen LogP contribution in [-0.4, -0.2) is 11.7 Å². The summed E-state index contributed by atoms with van der Waals surface area (Å²) in [6, 6.07) is 11.3. The molecular formula is C20H22FNO2. The first-order valence-electron chi connectivity index (χ1n) is 8.06. The number of hydrogen-bond acceptors (Lipinski definition) is 2. The molecule has 1 N–H and O–H groups in total. The molecule has 0 aromatic heterocycles. The summed E-state index contributed by atoms with van der Waals surface area (Å²) in [5.74, 6) is -0.452. The number of carbonyl (C=O) groups is 2. The Morgan fingerprint density at radius 2 is 1.71 bits per heavy atom. The van der Waals surface area contributed by atoms with E-state index in [-0.39, 0.29) is 30.3 Å². The van der Waals surface area contributed by atoms with Crippen LogP contribution >= 0.6 is 0 Å². The van der Waals surface area contributed by atoms with E-state index in [9.17, 15) is 14.0 Å². The number of anilines is 1. The predicted octanol–water partition coefficient (Wildman–Crippen LogP) is 4.86. The molecule has 3 nitrogen and oxygen atoms in total. The molecule has 0 aliphatic rings. The van der Waals surface area contributed by atoms with Gasteiger partial charge in [0.2, 0.25) is 5.91 Å². The molecule has 0 aliphatic carbocycles. The second-order valence-electron chi connectivity index (χ2n) is 6.17. The minimum atomic E-state index is -0.384. The first-order valence-corrected chi connectivity index (χ1v) is 8.06. The Labute approximate surface area is 141 Å². The minimum Gasteiger partial charge on any atom is -0.326 e. The molecule has 0 fully saturated rings. The Morgan fingerprint density at radius 3 is 2.33 bits per heavy atom. The van der Waals surface area contributed by atoms with E-state index < -0.39 is 0 Å². The zero-order chi connectivity index (χ0) is 17.7. The van der Waals surface area contributed by atoms with Crippen molar-refractivity contribution < 1.29 is 14.0 Å². The number of ketones is 1. The normalized spacial score (nSPS) is 10.7. The SMILES string of the molecule is Cc1cccc(C(C)C)c1NC(=O)CCC(=O)c1ccc(F)cc1. The quantitative estimate of drug-likeness (QED) is 0.770. The monoisotopic (exact) mass is 327 g/mol. The number of rotatable bonds is 6. The summed E-state index contributed by atoms with van der Waals surface area (Å²) in [5.41, 5.74) is 3.32. The molecule has 0 saturated heterocycles. The van der Waals surface area contributed by atoms with Gasteiger partial charge in [0.25, 0.3) is 0 Å². The van der Waals surface area contributed by atoms with E-state index in [0.29, 0.717) is 11.5 Å². The molecule has 0 aliphatic heterocycles. The van der Waals surface area contributed by atoms with Gasteiger partial charge in [0.15, 0.2) is 5.78 Å². The average molecular weight is 327 g/mol. The van der Waals surface area contributed by atoms with Crippen LogP contribution in [0.5, 0.6) is 0 Å². The highest BCUT2D eigenvalue weighted by Crippen LogP contribution is 2.27. The first-order chi connectivity index (χ1) is 11.4. The van der Waals surface area contributed by atoms with E-state index in [1.807, 2.05) is 25.1 Å². The van der Waals surface area contributed by atoms with Crippen molar-refractivity contribution in [1.82, 2.24) is 0 Å². The van der Waals surface area contributed by atoms with Gasteiger partial charge in [-0.25, -0.2) is 4.39 Å². The van der Waals surface area contributed by atoms with Crippen molar-refractivity contribution in [3.8, 4) is 0 Å². The van der Waals surface area contributed by atoms with Crippen LogP contribution in [-0.2, 0) is 4.79 Å². The Balaban J connectivity index is 1.99. The van der Waals surface area contributed by atoms with Gasteiger partial charge >= 0.3 is 0 Å². The molecule has 0 spiro atoms. The van der Waals surface area contributed by atoms with Crippen LogP contribution in [0.25, 0.3) is 0 Å². The van der Waals surface area contributed by atoms with Crippen LogP contribution in [0.1, 0.15) is 54.1 Å². The summed E-state index contributed by atoms with van der Waals surface area (Å²) >= 11 is 0. The summed E-state index contributed by atoms with van der Waals surface area (Å²) in [6.45, 7) is 6.09. The van der Waals surface area contributed by atoms with Gasteiger partial charge in [0, 0.05) is 24.1 Å². The number of aryl methyl sites for hydroxylation is 1. The fourth-order valence-corrected chi connectivity index (χ4v) is 2.55. The molecule has 0 atom stereocenters. The van der Waals surface area contributed by atoms with E-state index in [2.05, 4.69) is 19.2 Å². The molecule has 24 heavy (non-hydrogen) atoms. The highest BCUT2D eigenvalue weighted by molar-refractivity contribution is 6.00. The van der Waals surface area contributed by atoms with Gasteiger partial charge < -0.3 is 5.32 Å². The topological polar surface area (TPSA) is 46.2 Å². The number of amides is 1. The second kappa shape index (κ2) is 7.86. The number of para-hydroxylation sites is 1. The second-order valence-corrected chi connectivity index (χ2v) is 6.17. The predicted molar refractivity (Wildman–Crippen MR) is 93.9 cm³/mol. The average Bonchev–Trinajstić information content (AvgIpc) is 2.55. The van der Waals surface area contributed by atoms with E-state index in [4.69, 9.17) is 0 Å². The Morgan fingerprint density at radius 1 is 1.04 bits per heavy atom. The lowest BCUT2D eigenvalue weighted by Gasteiger charge is -2.16. The molecule has 2 aromatic rings. The molecule has 0 bridgehead atoms. The Kier molecular flexibility index (Phi) is 5.85. The standard InChI is InChI=1S/C20H22FNO2/c1-13(2)17-6-4-5-14(3)20(17)22-19(24)12-11-18(23)15-7-9-16(21)10-8-15/h4-10,13H,11-12H2,1-3H3,(H,22,24). The maximum atomic E-state index is 12.9. The number of hydrogen-bond donors (Lipinski definition) is 1. The first kappa shape index (κ1) is 17.9. The molecule has 4 heteroatoms. The molecular weight excluding hydrogens is 305 g/mol. The molecule has 126 valence electrons. The molecule has 2 rings (SSSR count). The number of benzene rings is 2. The maximum Gasteiger partial charge on any atom is 0.224 e. The number of carbonyl (C=O) groups excluding carboxylic acids is 2. The molecule has 2 aromatic carbocycles. The highest BCUT2D eigenvalue weighted by Gasteiger charge is 2.14. The van der Waals surface area contributed by atoms with Crippen LogP contribution in [0.15, 0.2) is 42.5 Å². The smallest absolute Gasteiger partial charge is 0.224 e. The summed E-state index contributed by atoms with van der Waals surface area (Å²) in [7, 11) is 0. The van der Waals surface area contributed by atoms with Crippen LogP contribution in [0.2, 0.25) is 0 Å². The number of halogens is 1. The van der Waals surface area contributed by atoms with E-state index >= 15 is 0 Å². The maximum absolute atomic E-state index is 12.9. The number of nitrogens with one attached hydrogen (secondary N) is 1. The van der Waals surface area contributed by atoms with Crippen LogP contribution in [0.4, 0.5) is 10.1 Å². The fourth-order valence-electron chi connectivity index (χ4n) is 2.55. The lowest BCUT2D eigenvalue weighted by molar-refractivity contribution is -0.116. The summed E-state index contributed by atoms with van der Waals surface area (Å²) < 4.78 is 12.9. The Hall–Kier alpha value is -2.49. The summed E-state index contributed by atoms with van der Waals surface area (Å²) in [5, 5.41) is 2.92. The highest BCUT2D eigenvalue weighted by atomic mass is 19.1. The molecule has 1 amide bonds. The van der Waals surface area contributed by atoms with Crippen LogP contribution in [0.3, 0.4) is 0 Å². The third kappa shape index (κ3) is 4.51. The van der Waals surface area contributed by atoms with Crippen molar-refractivity contribution in [2.45, 2.75) is 39.5 Å². The molecule has 0 radical (unpaired) electrons. The molecule has 0 heterocycles. The van der Waals surface area contributed by atoms with Gasteiger partial charge in [0.05, 0.1) is 0 Å². The third-order valence-electron chi connectivity index (χ3n) is 3.94.